The summed E-state index contributed by atoms with van der Waals surface area (Å²) in [5.74, 6) is 0.0429. The molecule has 2 rings (SSSR count). The van der Waals surface area contributed by atoms with Crippen LogP contribution in [0.25, 0.3) is 0 Å². The molecule has 9 heteroatoms. The summed E-state index contributed by atoms with van der Waals surface area (Å²) in [6.45, 7) is 0.458. The topological polar surface area (TPSA) is 58.1 Å². The summed E-state index contributed by atoms with van der Waals surface area (Å²) in [5, 5.41) is 8.58. The Kier molecular flexibility index (Phi) is 3.42. The number of amides is 1. The highest BCUT2D eigenvalue weighted by atomic mass is 32.1. The minimum absolute atomic E-state index is 0.0429. The lowest BCUT2D eigenvalue weighted by Crippen LogP contribution is -2.43. The molecule has 0 aromatic carbocycles. The van der Waals surface area contributed by atoms with Crippen LogP contribution in [0.5, 0.6) is 0 Å². The lowest BCUT2D eigenvalue weighted by Gasteiger charge is -2.29. The standard InChI is InChI=1S/C9H11F3N4OS/c1-16-4-5(2-3-6(16)17)13-8-15-14-7(18-8)9(10,11)12/h5H,2-4H2,1H3,(H,13,15). The Morgan fingerprint density at radius 1 is 1.44 bits per heavy atom. The van der Waals surface area contributed by atoms with Crippen molar-refractivity contribution in [1.82, 2.24) is 15.1 Å². The van der Waals surface area contributed by atoms with Crippen molar-refractivity contribution in [1.29, 1.82) is 0 Å². The van der Waals surface area contributed by atoms with Gasteiger partial charge in [-0.15, -0.1) is 10.2 Å². The minimum Gasteiger partial charge on any atom is -0.356 e. The average molecular weight is 280 g/mol. The lowest BCUT2D eigenvalue weighted by atomic mass is 10.1. The predicted molar refractivity (Wildman–Crippen MR) is 59.2 cm³/mol. The van der Waals surface area contributed by atoms with Crippen molar-refractivity contribution in [3.05, 3.63) is 5.01 Å². The first kappa shape index (κ1) is 13.1. The highest BCUT2D eigenvalue weighted by Gasteiger charge is 2.36. The summed E-state index contributed by atoms with van der Waals surface area (Å²) < 4.78 is 37.0. The van der Waals surface area contributed by atoms with Crippen LogP contribution in [-0.2, 0) is 11.0 Å². The van der Waals surface area contributed by atoms with Crippen molar-refractivity contribution in [3.63, 3.8) is 0 Å². The number of likely N-dealkylation sites (tertiary alicyclic amines) is 1. The number of halogens is 3. The summed E-state index contributed by atoms with van der Waals surface area (Å²) in [6, 6.07) is -0.0817. The number of rotatable bonds is 2. The fourth-order valence-corrected chi connectivity index (χ4v) is 2.39. The van der Waals surface area contributed by atoms with Gasteiger partial charge in [-0.2, -0.15) is 13.2 Å². The highest BCUT2D eigenvalue weighted by molar-refractivity contribution is 7.15. The number of likely N-dealkylation sites (N-methyl/N-ethyl adjacent to an activating group) is 1. The molecule has 0 bridgehead atoms. The van der Waals surface area contributed by atoms with Gasteiger partial charge in [0.2, 0.25) is 16.0 Å². The molecule has 1 N–H and O–H groups in total. The number of carbonyl (C=O) groups excluding carboxylic acids is 1. The second-order valence-electron chi connectivity index (χ2n) is 4.06. The first-order valence-electron chi connectivity index (χ1n) is 5.27. The molecule has 1 fully saturated rings. The zero-order valence-corrected chi connectivity index (χ0v) is 10.3. The van der Waals surface area contributed by atoms with Gasteiger partial charge in [0.15, 0.2) is 0 Å². The SMILES string of the molecule is CN1CC(Nc2nnc(C(F)(F)F)s2)CCC1=O. The molecule has 1 saturated heterocycles. The first-order chi connectivity index (χ1) is 8.36. The van der Waals surface area contributed by atoms with Gasteiger partial charge in [0.25, 0.3) is 0 Å². The third kappa shape index (κ3) is 2.89. The Balaban J connectivity index is 1.98. The minimum atomic E-state index is -4.46. The van der Waals surface area contributed by atoms with E-state index in [1.807, 2.05) is 0 Å². The Morgan fingerprint density at radius 3 is 2.72 bits per heavy atom. The number of nitrogens with one attached hydrogen (secondary N) is 1. The number of piperidine rings is 1. The van der Waals surface area contributed by atoms with Crippen molar-refractivity contribution in [2.24, 2.45) is 0 Å². The van der Waals surface area contributed by atoms with E-state index < -0.39 is 11.2 Å². The second-order valence-corrected chi connectivity index (χ2v) is 5.04. The quantitative estimate of drug-likeness (QED) is 0.893. The molecule has 1 aliphatic rings. The molecular formula is C9H11F3N4OS. The molecule has 1 aromatic rings. The zero-order valence-electron chi connectivity index (χ0n) is 9.49. The van der Waals surface area contributed by atoms with Gasteiger partial charge in [-0.25, -0.2) is 0 Å². The van der Waals surface area contributed by atoms with Gasteiger partial charge in [-0.3, -0.25) is 4.79 Å². The van der Waals surface area contributed by atoms with Crippen molar-refractivity contribution < 1.29 is 18.0 Å². The molecule has 0 aliphatic carbocycles. The fraction of sp³-hybridized carbons (Fsp3) is 0.667. The summed E-state index contributed by atoms with van der Waals surface area (Å²) in [5.41, 5.74) is 0. The van der Waals surface area contributed by atoms with Gasteiger partial charge in [0.05, 0.1) is 0 Å². The van der Waals surface area contributed by atoms with Crippen LogP contribution in [-0.4, -0.2) is 40.6 Å². The van der Waals surface area contributed by atoms with Gasteiger partial charge < -0.3 is 10.2 Å². The molecule has 1 atom stereocenters. The molecule has 0 saturated carbocycles. The van der Waals surface area contributed by atoms with Crippen LogP contribution >= 0.6 is 11.3 Å². The number of aromatic nitrogens is 2. The maximum atomic E-state index is 12.3. The van der Waals surface area contributed by atoms with E-state index in [0.29, 0.717) is 30.7 Å². The van der Waals surface area contributed by atoms with E-state index in [-0.39, 0.29) is 17.1 Å². The summed E-state index contributed by atoms with van der Waals surface area (Å²) in [7, 11) is 1.66. The van der Waals surface area contributed by atoms with E-state index in [4.69, 9.17) is 0 Å². The van der Waals surface area contributed by atoms with Gasteiger partial charge >= 0.3 is 6.18 Å². The Labute approximate surface area is 105 Å². The van der Waals surface area contributed by atoms with Crippen molar-refractivity contribution in [2.45, 2.75) is 25.1 Å². The van der Waals surface area contributed by atoms with Crippen molar-refractivity contribution in [2.75, 3.05) is 18.9 Å². The summed E-state index contributed by atoms with van der Waals surface area (Å²) >= 11 is 0.474. The fourth-order valence-electron chi connectivity index (χ4n) is 1.70. The van der Waals surface area contributed by atoms with Crippen LogP contribution in [0.1, 0.15) is 17.8 Å². The number of alkyl halides is 3. The van der Waals surface area contributed by atoms with Crippen LogP contribution in [0.2, 0.25) is 0 Å². The van der Waals surface area contributed by atoms with Crippen LogP contribution < -0.4 is 5.32 Å². The van der Waals surface area contributed by atoms with E-state index >= 15 is 0 Å². The van der Waals surface area contributed by atoms with Crippen LogP contribution in [0.3, 0.4) is 0 Å². The molecule has 1 amide bonds. The van der Waals surface area contributed by atoms with E-state index in [1.165, 1.54) is 0 Å². The Hall–Kier alpha value is -1.38. The summed E-state index contributed by atoms with van der Waals surface area (Å²) in [6.07, 6.45) is -3.49. The third-order valence-corrected chi connectivity index (χ3v) is 3.52. The van der Waals surface area contributed by atoms with Crippen LogP contribution in [0, 0.1) is 0 Å². The second kappa shape index (κ2) is 4.71. The maximum Gasteiger partial charge on any atom is 0.445 e. The van der Waals surface area contributed by atoms with Crippen LogP contribution in [0.4, 0.5) is 18.3 Å². The average Bonchev–Trinajstić information content (AvgIpc) is 2.72. The number of hydrogen-bond donors (Lipinski definition) is 1. The zero-order chi connectivity index (χ0) is 13.3. The Bertz CT molecular complexity index is 447. The Morgan fingerprint density at radius 2 is 2.17 bits per heavy atom. The third-order valence-electron chi connectivity index (χ3n) is 2.62. The smallest absolute Gasteiger partial charge is 0.356 e. The normalized spacial score (nSPS) is 21.2. The molecule has 5 nitrogen and oxygen atoms in total. The van der Waals surface area contributed by atoms with Crippen molar-refractivity contribution >= 4 is 22.4 Å². The number of anilines is 1. The molecule has 2 heterocycles. The highest BCUT2D eigenvalue weighted by Crippen LogP contribution is 2.33. The maximum absolute atomic E-state index is 12.3. The number of hydrogen-bond acceptors (Lipinski definition) is 5. The molecule has 18 heavy (non-hydrogen) atoms. The van der Waals surface area contributed by atoms with E-state index in [0.717, 1.165) is 0 Å². The van der Waals surface area contributed by atoms with Crippen LogP contribution in [0.15, 0.2) is 0 Å². The molecule has 1 aromatic heterocycles. The first-order valence-corrected chi connectivity index (χ1v) is 6.09. The summed E-state index contributed by atoms with van der Waals surface area (Å²) in [4.78, 5) is 12.8. The van der Waals surface area contributed by atoms with E-state index in [2.05, 4.69) is 15.5 Å². The largest absolute Gasteiger partial charge is 0.445 e. The molecule has 1 unspecified atom stereocenters. The monoisotopic (exact) mass is 280 g/mol. The molecule has 0 spiro atoms. The van der Waals surface area contributed by atoms with Gasteiger partial charge in [-0.1, -0.05) is 11.3 Å². The van der Waals surface area contributed by atoms with Gasteiger partial charge in [0.1, 0.15) is 0 Å². The lowest BCUT2D eigenvalue weighted by molar-refractivity contribution is -0.138. The van der Waals surface area contributed by atoms with E-state index in [9.17, 15) is 18.0 Å². The van der Waals surface area contributed by atoms with Gasteiger partial charge in [0, 0.05) is 26.1 Å². The molecule has 100 valence electrons. The van der Waals surface area contributed by atoms with Crippen molar-refractivity contribution in [3.8, 4) is 0 Å². The van der Waals surface area contributed by atoms with Gasteiger partial charge in [-0.05, 0) is 6.42 Å². The van der Waals surface area contributed by atoms with E-state index in [1.54, 1.807) is 11.9 Å². The number of nitrogens with zero attached hydrogens (tertiary/aromatic N) is 3. The molecule has 1 aliphatic heterocycles. The predicted octanol–water partition coefficient (Wildman–Crippen LogP) is 1.59. The molecule has 0 radical (unpaired) electrons. The number of carbonyl (C=O) groups is 1. The molecular weight excluding hydrogens is 269 g/mol.